The number of anilines is 1. The van der Waals surface area contributed by atoms with Crippen LogP contribution < -0.4 is 5.32 Å². The number of para-hydroxylation sites is 1. The number of nitrogens with one attached hydrogen (secondary N) is 1. The molecule has 8 nitrogen and oxygen atoms in total. The van der Waals surface area contributed by atoms with Gasteiger partial charge in [0.1, 0.15) is 11.4 Å². The fraction of sp³-hybridized carbons (Fsp3) is 0.0526. The Morgan fingerprint density at radius 2 is 1.83 bits per heavy atom. The number of thiazole rings is 1. The van der Waals surface area contributed by atoms with Crippen LogP contribution in [0.25, 0.3) is 17.1 Å². The lowest BCUT2D eigenvalue weighted by molar-refractivity contribution is 0.101. The van der Waals surface area contributed by atoms with Crippen LogP contribution in [0.15, 0.2) is 71.2 Å². The second-order valence-corrected chi connectivity index (χ2v) is 8.92. The smallest absolute Gasteiger partial charge is 0.276 e. The molecule has 10 heteroatoms. The van der Waals surface area contributed by atoms with E-state index < -0.39 is 15.7 Å². The standard InChI is InChI=1S/C19H15N5O3S2/c1-29(26,27)17-8-3-2-7-15(17)24-16(9-11-21-24)18(25)23-19-22-14(12-28-19)13-6-4-5-10-20-13/h2-12H,1H3,(H,22,23,25). The van der Waals surface area contributed by atoms with E-state index in [1.807, 2.05) is 18.2 Å². The van der Waals surface area contributed by atoms with Crippen molar-refractivity contribution in [2.45, 2.75) is 4.90 Å². The lowest BCUT2D eigenvalue weighted by atomic mass is 10.3. The number of nitrogens with zero attached hydrogens (tertiary/aromatic N) is 4. The Morgan fingerprint density at radius 3 is 2.59 bits per heavy atom. The van der Waals surface area contributed by atoms with Crippen LogP contribution in [0.5, 0.6) is 0 Å². The van der Waals surface area contributed by atoms with Crippen molar-refractivity contribution in [3.63, 3.8) is 0 Å². The molecule has 0 saturated carbocycles. The van der Waals surface area contributed by atoms with E-state index in [1.165, 1.54) is 34.3 Å². The van der Waals surface area contributed by atoms with Gasteiger partial charge in [-0.3, -0.25) is 15.1 Å². The van der Waals surface area contributed by atoms with Crippen molar-refractivity contribution in [3.05, 3.63) is 72.0 Å². The molecule has 0 radical (unpaired) electrons. The van der Waals surface area contributed by atoms with Gasteiger partial charge in [0.15, 0.2) is 15.0 Å². The first-order chi connectivity index (χ1) is 13.9. The number of pyridine rings is 1. The summed E-state index contributed by atoms with van der Waals surface area (Å²) in [4.78, 5) is 21.5. The van der Waals surface area contributed by atoms with Crippen molar-refractivity contribution < 1.29 is 13.2 Å². The Morgan fingerprint density at radius 1 is 1.03 bits per heavy atom. The Kier molecular flexibility index (Phi) is 4.95. The highest BCUT2D eigenvalue weighted by molar-refractivity contribution is 7.90. The zero-order valence-electron chi connectivity index (χ0n) is 15.2. The van der Waals surface area contributed by atoms with Gasteiger partial charge in [-0.1, -0.05) is 18.2 Å². The summed E-state index contributed by atoms with van der Waals surface area (Å²) >= 11 is 1.27. The molecule has 0 atom stereocenters. The molecular weight excluding hydrogens is 410 g/mol. The fourth-order valence-corrected chi connectivity index (χ4v) is 4.30. The zero-order valence-corrected chi connectivity index (χ0v) is 16.8. The van der Waals surface area contributed by atoms with Crippen LogP contribution in [0.3, 0.4) is 0 Å². The SMILES string of the molecule is CS(=O)(=O)c1ccccc1-n1nccc1C(=O)Nc1nc(-c2ccccn2)cs1. The Labute approximate surface area is 170 Å². The molecule has 0 saturated heterocycles. The third kappa shape index (κ3) is 3.93. The van der Waals surface area contributed by atoms with Gasteiger partial charge in [0.05, 0.1) is 22.5 Å². The number of benzene rings is 1. The van der Waals surface area contributed by atoms with Crippen molar-refractivity contribution in [2.75, 3.05) is 11.6 Å². The number of hydrogen-bond donors (Lipinski definition) is 1. The first kappa shape index (κ1) is 19.0. The van der Waals surface area contributed by atoms with Crippen LogP contribution in [0.4, 0.5) is 5.13 Å². The first-order valence-electron chi connectivity index (χ1n) is 8.45. The van der Waals surface area contributed by atoms with E-state index in [1.54, 1.807) is 29.8 Å². The first-order valence-corrected chi connectivity index (χ1v) is 11.2. The lowest BCUT2D eigenvalue weighted by Crippen LogP contribution is -2.18. The molecule has 0 aliphatic heterocycles. The molecule has 4 rings (SSSR count). The van der Waals surface area contributed by atoms with Gasteiger partial charge >= 0.3 is 0 Å². The van der Waals surface area contributed by atoms with Crippen molar-refractivity contribution in [3.8, 4) is 17.1 Å². The van der Waals surface area contributed by atoms with Gasteiger partial charge in [0, 0.05) is 17.8 Å². The molecule has 0 aliphatic carbocycles. The summed E-state index contributed by atoms with van der Waals surface area (Å²) in [6.07, 6.45) is 4.23. The minimum absolute atomic E-state index is 0.0874. The van der Waals surface area contributed by atoms with E-state index in [0.29, 0.717) is 22.2 Å². The highest BCUT2D eigenvalue weighted by Gasteiger charge is 2.20. The van der Waals surface area contributed by atoms with Gasteiger partial charge in [-0.15, -0.1) is 11.3 Å². The number of rotatable bonds is 5. The molecule has 0 unspecified atom stereocenters. The number of carbonyl (C=O) groups excluding carboxylic acids is 1. The molecule has 4 aromatic rings. The van der Waals surface area contributed by atoms with E-state index in [0.717, 1.165) is 6.26 Å². The van der Waals surface area contributed by atoms with Crippen LogP contribution in [0.2, 0.25) is 0 Å². The second kappa shape index (κ2) is 7.57. The van der Waals surface area contributed by atoms with Gasteiger partial charge in [0.25, 0.3) is 5.91 Å². The summed E-state index contributed by atoms with van der Waals surface area (Å²) < 4.78 is 25.5. The molecular formula is C19H15N5O3S2. The normalized spacial score (nSPS) is 11.3. The molecule has 1 aromatic carbocycles. The maximum Gasteiger partial charge on any atom is 0.276 e. The summed E-state index contributed by atoms with van der Waals surface area (Å²) in [6, 6.07) is 13.4. The topological polar surface area (TPSA) is 107 Å². The maximum atomic E-state index is 12.8. The molecule has 3 heterocycles. The molecule has 0 aliphatic rings. The van der Waals surface area contributed by atoms with Crippen molar-refractivity contribution >= 4 is 32.2 Å². The summed E-state index contributed by atoms with van der Waals surface area (Å²) in [5.74, 6) is -0.451. The van der Waals surface area contributed by atoms with Crippen LogP contribution in [-0.2, 0) is 9.84 Å². The third-order valence-electron chi connectivity index (χ3n) is 4.02. The highest BCUT2D eigenvalue weighted by atomic mass is 32.2. The van der Waals surface area contributed by atoms with E-state index in [-0.39, 0.29) is 10.6 Å². The average molecular weight is 425 g/mol. The summed E-state index contributed by atoms with van der Waals surface area (Å²) in [5, 5.41) is 9.08. The van der Waals surface area contributed by atoms with Crippen LogP contribution in [0.1, 0.15) is 10.5 Å². The molecule has 0 spiro atoms. The average Bonchev–Trinajstić information content (AvgIpc) is 3.38. The van der Waals surface area contributed by atoms with Crippen molar-refractivity contribution in [1.82, 2.24) is 19.7 Å². The maximum absolute atomic E-state index is 12.8. The van der Waals surface area contributed by atoms with E-state index >= 15 is 0 Å². The van der Waals surface area contributed by atoms with E-state index in [2.05, 4.69) is 20.4 Å². The number of hydrogen-bond acceptors (Lipinski definition) is 7. The molecule has 0 fully saturated rings. The van der Waals surface area contributed by atoms with Crippen molar-refractivity contribution in [2.24, 2.45) is 0 Å². The van der Waals surface area contributed by atoms with Crippen molar-refractivity contribution in [1.29, 1.82) is 0 Å². The van der Waals surface area contributed by atoms with E-state index in [9.17, 15) is 13.2 Å². The molecule has 1 N–H and O–H groups in total. The van der Waals surface area contributed by atoms with Crippen LogP contribution in [-0.4, -0.2) is 40.3 Å². The predicted molar refractivity (Wildman–Crippen MR) is 110 cm³/mol. The Bertz CT molecular complexity index is 1280. The molecule has 1 amide bonds. The minimum Gasteiger partial charge on any atom is -0.296 e. The quantitative estimate of drug-likeness (QED) is 0.527. The highest BCUT2D eigenvalue weighted by Crippen LogP contribution is 2.25. The fourth-order valence-electron chi connectivity index (χ4n) is 2.74. The number of aromatic nitrogens is 4. The zero-order chi connectivity index (χ0) is 20.4. The second-order valence-electron chi connectivity index (χ2n) is 6.08. The summed E-state index contributed by atoms with van der Waals surface area (Å²) in [5.41, 5.74) is 1.85. The Balaban J connectivity index is 1.63. The van der Waals surface area contributed by atoms with Gasteiger partial charge < -0.3 is 0 Å². The Hall–Kier alpha value is -3.37. The largest absolute Gasteiger partial charge is 0.296 e. The molecule has 29 heavy (non-hydrogen) atoms. The minimum atomic E-state index is -3.50. The predicted octanol–water partition coefficient (Wildman–Crippen LogP) is 3.05. The molecule has 146 valence electrons. The number of amides is 1. The molecule has 3 aromatic heterocycles. The number of sulfone groups is 1. The van der Waals surface area contributed by atoms with Gasteiger partial charge in [-0.25, -0.2) is 18.1 Å². The summed E-state index contributed by atoms with van der Waals surface area (Å²) in [6.45, 7) is 0. The van der Waals surface area contributed by atoms with Gasteiger partial charge in [-0.2, -0.15) is 5.10 Å². The number of carbonyl (C=O) groups is 1. The van der Waals surface area contributed by atoms with Gasteiger partial charge in [-0.05, 0) is 30.3 Å². The summed E-state index contributed by atoms with van der Waals surface area (Å²) in [7, 11) is -3.50. The van der Waals surface area contributed by atoms with E-state index in [4.69, 9.17) is 0 Å². The molecule has 0 bridgehead atoms. The monoisotopic (exact) mass is 425 g/mol. The van der Waals surface area contributed by atoms with Crippen LogP contribution in [0, 0.1) is 0 Å². The lowest BCUT2D eigenvalue weighted by Gasteiger charge is -2.11. The van der Waals surface area contributed by atoms with Gasteiger partial charge in [0.2, 0.25) is 0 Å². The third-order valence-corrected chi connectivity index (χ3v) is 5.92. The van der Waals surface area contributed by atoms with Crippen LogP contribution >= 0.6 is 11.3 Å².